The summed E-state index contributed by atoms with van der Waals surface area (Å²) in [5.41, 5.74) is 7.72. The van der Waals surface area contributed by atoms with Gasteiger partial charge in [-0.15, -0.1) is 0 Å². The van der Waals surface area contributed by atoms with Gasteiger partial charge in [-0.1, -0.05) is 47.5 Å². The second-order valence-corrected chi connectivity index (χ2v) is 6.36. The van der Waals surface area contributed by atoms with Gasteiger partial charge in [0.05, 0.1) is 11.9 Å². The highest BCUT2D eigenvalue weighted by Crippen LogP contribution is 2.34. The largest absolute Gasteiger partial charge is 0.454 e. The Morgan fingerprint density at radius 2 is 1.50 bits per heavy atom. The van der Waals surface area contributed by atoms with Crippen LogP contribution in [0.5, 0.6) is 0 Å². The Morgan fingerprint density at radius 1 is 0.792 bits per heavy atom. The minimum atomic E-state index is 0.833. The van der Waals surface area contributed by atoms with E-state index in [0.717, 1.165) is 39.1 Å². The zero-order valence-corrected chi connectivity index (χ0v) is 14.1. The van der Waals surface area contributed by atoms with Gasteiger partial charge >= 0.3 is 0 Å². The molecule has 0 saturated heterocycles. The number of fused-ring (bicyclic) bond motifs is 1. The third-order valence-electron chi connectivity index (χ3n) is 4.38. The van der Waals surface area contributed by atoms with E-state index in [1.54, 1.807) is 0 Å². The van der Waals surface area contributed by atoms with Crippen LogP contribution in [-0.4, -0.2) is 4.98 Å². The topological polar surface area (TPSA) is 26.0 Å². The monoisotopic (exact) mass is 313 g/mol. The SMILES string of the molecule is Cc1cc(C)cc(-c2cc3c(C)c(-c4ccccc4)oc3cn2)c1. The van der Waals surface area contributed by atoms with Gasteiger partial charge in [-0.25, -0.2) is 0 Å². The molecule has 0 bridgehead atoms. The second kappa shape index (κ2) is 5.64. The van der Waals surface area contributed by atoms with Gasteiger partial charge < -0.3 is 4.42 Å². The maximum Gasteiger partial charge on any atom is 0.153 e. The molecule has 24 heavy (non-hydrogen) atoms. The highest BCUT2D eigenvalue weighted by molar-refractivity contribution is 5.89. The summed E-state index contributed by atoms with van der Waals surface area (Å²) in [5, 5.41) is 1.12. The number of nitrogens with zero attached hydrogens (tertiary/aromatic N) is 1. The molecular formula is C22H19NO. The Kier molecular flexibility index (Phi) is 3.46. The van der Waals surface area contributed by atoms with Crippen LogP contribution in [0.1, 0.15) is 16.7 Å². The van der Waals surface area contributed by atoms with Crippen molar-refractivity contribution in [2.24, 2.45) is 0 Å². The molecule has 0 saturated carbocycles. The highest BCUT2D eigenvalue weighted by atomic mass is 16.3. The Bertz CT molecular complexity index is 1010. The van der Waals surface area contributed by atoms with Crippen LogP contribution in [0.15, 0.2) is 65.2 Å². The third-order valence-corrected chi connectivity index (χ3v) is 4.38. The fourth-order valence-corrected chi connectivity index (χ4v) is 3.27. The maximum atomic E-state index is 6.06. The number of aryl methyl sites for hydroxylation is 3. The van der Waals surface area contributed by atoms with E-state index in [2.05, 4.69) is 62.2 Å². The van der Waals surface area contributed by atoms with Crippen LogP contribution < -0.4 is 0 Å². The van der Waals surface area contributed by atoms with E-state index in [1.165, 1.54) is 11.1 Å². The Morgan fingerprint density at radius 3 is 2.21 bits per heavy atom. The number of benzene rings is 2. The Hall–Kier alpha value is -2.87. The normalized spacial score (nSPS) is 11.1. The molecule has 2 heteroatoms. The molecule has 0 unspecified atom stereocenters. The van der Waals surface area contributed by atoms with Crippen molar-refractivity contribution in [1.82, 2.24) is 4.98 Å². The Balaban J connectivity index is 1.88. The molecule has 2 aromatic carbocycles. The summed E-state index contributed by atoms with van der Waals surface area (Å²) in [5.74, 6) is 0.921. The number of hydrogen-bond donors (Lipinski definition) is 0. The fourth-order valence-electron chi connectivity index (χ4n) is 3.27. The summed E-state index contributed by atoms with van der Waals surface area (Å²) in [6, 6.07) is 18.9. The highest BCUT2D eigenvalue weighted by Gasteiger charge is 2.14. The average Bonchev–Trinajstić information content (AvgIpc) is 2.91. The first kappa shape index (κ1) is 14.7. The van der Waals surface area contributed by atoms with Crippen molar-refractivity contribution in [2.75, 3.05) is 0 Å². The first-order valence-electron chi connectivity index (χ1n) is 8.15. The molecule has 0 atom stereocenters. The van der Waals surface area contributed by atoms with Gasteiger partial charge in [0, 0.05) is 22.1 Å². The predicted molar refractivity (Wildman–Crippen MR) is 99.1 cm³/mol. The number of hydrogen-bond acceptors (Lipinski definition) is 2. The predicted octanol–water partition coefficient (Wildman–Crippen LogP) is 6.09. The van der Waals surface area contributed by atoms with E-state index >= 15 is 0 Å². The molecule has 2 heterocycles. The standard InChI is InChI=1S/C22H19NO/c1-14-9-15(2)11-18(10-14)20-12-19-16(3)22(24-21(19)13-23-20)17-7-5-4-6-8-17/h4-13H,1-3H3. The van der Waals surface area contributed by atoms with Gasteiger partial charge in [-0.3, -0.25) is 4.98 Å². The van der Waals surface area contributed by atoms with E-state index in [4.69, 9.17) is 4.42 Å². The van der Waals surface area contributed by atoms with Crippen LogP contribution in [0.4, 0.5) is 0 Å². The lowest BCUT2D eigenvalue weighted by Crippen LogP contribution is -1.86. The summed E-state index contributed by atoms with van der Waals surface area (Å²) in [7, 11) is 0. The lowest BCUT2D eigenvalue weighted by Gasteiger charge is -2.04. The van der Waals surface area contributed by atoms with Crippen molar-refractivity contribution in [3.63, 3.8) is 0 Å². The molecule has 2 nitrogen and oxygen atoms in total. The average molecular weight is 313 g/mol. The van der Waals surface area contributed by atoms with Gasteiger partial charge in [-0.05, 0) is 39.0 Å². The smallest absolute Gasteiger partial charge is 0.153 e. The van der Waals surface area contributed by atoms with Crippen molar-refractivity contribution < 1.29 is 4.42 Å². The van der Waals surface area contributed by atoms with E-state index in [-0.39, 0.29) is 0 Å². The molecule has 118 valence electrons. The van der Waals surface area contributed by atoms with Crippen LogP contribution in [0.2, 0.25) is 0 Å². The molecule has 0 amide bonds. The first-order chi connectivity index (χ1) is 11.6. The molecule has 0 fully saturated rings. The summed E-state index contributed by atoms with van der Waals surface area (Å²) in [6.45, 7) is 6.34. The van der Waals surface area contributed by atoms with Gasteiger partial charge in [-0.2, -0.15) is 0 Å². The van der Waals surface area contributed by atoms with E-state index in [0.29, 0.717) is 0 Å². The third kappa shape index (κ3) is 2.50. The number of aromatic nitrogens is 1. The molecule has 0 radical (unpaired) electrons. The van der Waals surface area contributed by atoms with E-state index in [9.17, 15) is 0 Å². The maximum absolute atomic E-state index is 6.06. The molecule has 0 aliphatic rings. The molecule has 0 N–H and O–H groups in total. The molecule has 4 aromatic rings. The molecule has 0 aliphatic heterocycles. The lowest BCUT2D eigenvalue weighted by atomic mass is 10.0. The van der Waals surface area contributed by atoms with Gasteiger partial charge in [0.15, 0.2) is 5.58 Å². The number of furan rings is 1. The van der Waals surface area contributed by atoms with Gasteiger partial charge in [0.25, 0.3) is 0 Å². The lowest BCUT2D eigenvalue weighted by molar-refractivity contribution is 0.627. The summed E-state index contributed by atoms with van der Waals surface area (Å²) >= 11 is 0. The summed E-state index contributed by atoms with van der Waals surface area (Å²) in [4.78, 5) is 4.61. The summed E-state index contributed by atoms with van der Waals surface area (Å²) < 4.78 is 6.06. The number of rotatable bonds is 2. The molecule has 0 aliphatic carbocycles. The van der Waals surface area contributed by atoms with Crippen molar-refractivity contribution in [2.45, 2.75) is 20.8 Å². The van der Waals surface area contributed by atoms with Gasteiger partial charge in [0.2, 0.25) is 0 Å². The van der Waals surface area contributed by atoms with E-state index < -0.39 is 0 Å². The summed E-state index contributed by atoms with van der Waals surface area (Å²) in [6.07, 6.45) is 1.84. The van der Waals surface area contributed by atoms with E-state index in [1.807, 2.05) is 24.4 Å². The van der Waals surface area contributed by atoms with Crippen molar-refractivity contribution in [3.8, 4) is 22.6 Å². The van der Waals surface area contributed by atoms with Crippen molar-refractivity contribution >= 4 is 11.0 Å². The van der Waals surface area contributed by atoms with Gasteiger partial charge in [0.1, 0.15) is 5.76 Å². The van der Waals surface area contributed by atoms with Crippen LogP contribution in [0.25, 0.3) is 33.6 Å². The number of pyridine rings is 1. The van der Waals surface area contributed by atoms with Crippen LogP contribution in [0, 0.1) is 20.8 Å². The van der Waals surface area contributed by atoms with Crippen LogP contribution in [0.3, 0.4) is 0 Å². The van der Waals surface area contributed by atoms with Crippen molar-refractivity contribution in [3.05, 3.63) is 77.5 Å². The molecular weight excluding hydrogens is 294 g/mol. The fraction of sp³-hybridized carbons (Fsp3) is 0.136. The van der Waals surface area contributed by atoms with Crippen molar-refractivity contribution in [1.29, 1.82) is 0 Å². The minimum absolute atomic E-state index is 0.833. The molecule has 0 spiro atoms. The minimum Gasteiger partial charge on any atom is -0.454 e. The second-order valence-electron chi connectivity index (χ2n) is 6.36. The quantitative estimate of drug-likeness (QED) is 0.448. The molecule has 4 rings (SSSR count). The van der Waals surface area contributed by atoms with Crippen LogP contribution in [-0.2, 0) is 0 Å². The first-order valence-corrected chi connectivity index (χ1v) is 8.15. The Labute approximate surface area is 141 Å². The van der Waals surface area contributed by atoms with Crippen LogP contribution >= 0.6 is 0 Å². The zero-order valence-electron chi connectivity index (χ0n) is 14.1. The zero-order chi connectivity index (χ0) is 16.7. The molecule has 2 aromatic heterocycles.